The maximum Gasteiger partial charge on any atom is 0.431 e. The number of hydroxylamine groups is 1. The minimum absolute atomic E-state index is 0.158. The lowest BCUT2D eigenvalue weighted by molar-refractivity contribution is -0.0291. The van der Waals surface area contributed by atoms with E-state index in [1.807, 2.05) is 13.8 Å². The number of hydrogen-bond donors (Lipinski definition) is 2. The third-order valence-corrected chi connectivity index (χ3v) is 1.57. The van der Waals surface area contributed by atoms with Crippen molar-refractivity contribution in [3.8, 4) is 0 Å². The van der Waals surface area contributed by atoms with Crippen LogP contribution in [0.4, 0.5) is 4.79 Å². The Hall–Kier alpha value is -0.810. The van der Waals surface area contributed by atoms with Crippen molar-refractivity contribution in [1.82, 2.24) is 5.48 Å². The third-order valence-electron chi connectivity index (χ3n) is 1.57. The molecule has 0 radical (unpaired) electrons. The molecule has 0 aromatic carbocycles. The fraction of sp³-hybridized carbons (Fsp3) is 0.900. The average molecular weight is 218 g/mol. The Morgan fingerprint density at radius 2 is 1.80 bits per heavy atom. The van der Waals surface area contributed by atoms with Crippen LogP contribution in [0.2, 0.25) is 0 Å². The quantitative estimate of drug-likeness (QED) is 0.700. The van der Waals surface area contributed by atoms with E-state index in [4.69, 9.17) is 15.3 Å². The van der Waals surface area contributed by atoms with Gasteiger partial charge in [0.15, 0.2) is 0 Å². The van der Waals surface area contributed by atoms with Crippen LogP contribution in [0, 0.1) is 5.41 Å². The number of nitrogens with two attached hydrogens (primary N) is 1. The maximum atomic E-state index is 11.1. The van der Waals surface area contributed by atoms with Crippen LogP contribution in [0.3, 0.4) is 0 Å². The van der Waals surface area contributed by atoms with Gasteiger partial charge >= 0.3 is 6.09 Å². The number of ether oxygens (including phenoxy) is 1. The molecule has 0 atom stereocenters. The summed E-state index contributed by atoms with van der Waals surface area (Å²) >= 11 is 0. The number of rotatable bonds is 4. The van der Waals surface area contributed by atoms with Crippen molar-refractivity contribution in [2.24, 2.45) is 11.1 Å². The molecule has 3 N–H and O–H groups in total. The van der Waals surface area contributed by atoms with Crippen molar-refractivity contribution in [1.29, 1.82) is 0 Å². The van der Waals surface area contributed by atoms with Crippen molar-refractivity contribution >= 4 is 6.09 Å². The van der Waals surface area contributed by atoms with Crippen molar-refractivity contribution in [3.63, 3.8) is 0 Å². The van der Waals surface area contributed by atoms with Gasteiger partial charge in [0.2, 0.25) is 0 Å². The second-order valence-electron chi connectivity index (χ2n) is 5.26. The van der Waals surface area contributed by atoms with Crippen LogP contribution < -0.4 is 11.2 Å². The summed E-state index contributed by atoms with van der Waals surface area (Å²) in [6, 6.07) is 0. The molecule has 0 aliphatic heterocycles. The zero-order chi connectivity index (χ0) is 12.1. The van der Waals surface area contributed by atoms with E-state index in [0.29, 0.717) is 13.2 Å². The lowest BCUT2D eigenvalue weighted by Gasteiger charge is -2.23. The fourth-order valence-electron chi connectivity index (χ4n) is 0.648. The van der Waals surface area contributed by atoms with Gasteiger partial charge in [0.05, 0.1) is 6.61 Å². The predicted octanol–water partition coefficient (Wildman–Crippen LogP) is 1.43. The monoisotopic (exact) mass is 218 g/mol. The Labute approximate surface area is 91.3 Å². The number of hydrogen-bond acceptors (Lipinski definition) is 4. The number of amides is 1. The minimum Gasteiger partial charge on any atom is -0.442 e. The molecule has 0 saturated carbocycles. The summed E-state index contributed by atoms with van der Waals surface area (Å²) in [7, 11) is 0. The van der Waals surface area contributed by atoms with E-state index in [2.05, 4.69) is 5.48 Å². The van der Waals surface area contributed by atoms with E-state index in [0.717, 1.165) is 0 Å². The number of nitrogens with one attached hydrogen (secondary N) is 1. The Balaban J connectivity index is 3.74. The predicted molar refractivity (Wildman–Crippen MR) is 58.2 cm³/mol. The first kappa shape index (κ1) is 14.2. The van der Waals surface area contributed by atoms with Crippen LogP contribution in [-0.2, 0) is 9.57 Å². The van der Waals surface area contributed by atoms with Gasteiger partial charge in [-0.15, -0.1) is 0 Å². The SMILES string of the molecule is CC(C)(CN)CONC(=O)OC(C)(C)C. The van der Waals surface area contributed by atoms with Crippen LogP contribution >= 0.6 is 0 Å². The first-order valence-electron chi connectivity index (χ1n) is 4.97. The van der Waals surface area contributed by atoms with Crippen LogP contribution in [0.15, 0.2) is 0 Å². The lowest BCUT2D eigenvalue weighted by Crippen LogP contribution is -2.37. The summed E-state index contributed by atoms with van der Waals surface area (Å²) in [5.74, 6) is 0. The van der Waals surface area contributed by atoms with Gasteiger partial charge in [-0.05, 0) is 27.3 Å². The van der Waals surface area contributed by atoms with Gasteiger partial charge in [-0.3, -0.25) is 4.84 Å². The van der Waals surface area contributed by atoms with Gasteiger partial charge in [0.25, 0.3) is 0 Å². The molecule has 0 spiro atoms. The highest BCUT2D eigenvalue weighted by atomic mass is 16.7. The second kappa shape index (κ2) is 5.32. The molecule has 0 fully saturated rings. The van der Waals surface area contributed by atoms with Gasteiger partial charge < -0.3 is 10.5 Å². The van der Waals surface area contributed by atoms with Crippen LogP contribution in [-0.4, -0.2) is 24.8 Å². The molecule has 0 aromatic heterocycles. The zero-order valence-electron chi connectivity index (χ0n) is 10.2. The Kier molecular flexibility index (Phi) is 5.03. The summed E-state index contributed by atoms with van der Waals surface area (Å²) in [6.45, 7) is 10.1. The lowest BCUT2D eigenvalue weighted by atomic mass is 9.96. The van der Waals surface area contributed by atoms with Gasteiger partial charge in [0.1, 0.15) is 5.60 Å². The van der Waals surface area contributed by atoms with Crippen molar-refractivity contribution < 1.29 is 14.4 Å². The molecule has 15 heavy (non-hydrogen) atoms. The second-order valence-corrected chi connectivity index (χ2v) is 5.26. The van der Waals surface area contributed by atoms with Gasteiger partial charge in [-0.25, -0.2) is 4.79 Å². The highest BCUT2D eigenvalue weighted by molar-refractivity contribution is 5.66. The van der Waals surface area contributed by atoms with Gasteiger partial charge in [0, 0.05) is 5.41 Å². The molecule has 0 aliphatic rings. The molecular weight excluding hydrogens is 196 g/mol. The van der Waals surface area contributed by atoms with E-state index >= 15 is 0 Å². The summed E-state index contributed by atoms with van der Waals surface area (Å²) in [4.78, 5) is 16.1. The number of carbonyl (C=O) groups excluding carboxylic acids is 1. The molecule has 0 aliphatic carbocycles. The fourth-order valence-corrected chi connectivity index (χ4v) is 0.648. The van der Waals surface area contributed by atoms with E-state index in [1.54, 1.807) is 20.8 Å². The highest BCUT2D eigenvalue weighted by Gasteiger charge is 2.19. The normalized spacial score (nSPS) is 12.4. The maximum absolute atomic E-state index is 11.1. The largest absolute Gasteiger partial charge is 0.442 e. The average Bonchev–Trinajstić information content (AvgIpc) is 2.00. The molecule has 1 amide bonds. The zero-order valence-corrected chi connectivity index (χ0v) is 10.2. The highest BCUT2D eigenvalue weighted by Crippen LogP contribution is 2.12. The molecule has 0 unspecified atom stereocenters. The van der Waals surface area contributed by atoms with E-state index in [9.17, 15) is 4.79 Å². The Bertz CT molecular complexity index is 209. The molecule has 0 aromatic rings. The molecule has 0 rings (SSSR count). The topological polar surface area (TPSA) is 73.6 Å². The van der Waals surface area contributed by atoms with E-state index in [1.165, 1.54) is 0 Å². The van der Waals surface area contributed by atoms with Crippen LogP contribution in [0.1, 0.15) is 34.6 Å². The molecule has 0 heterocycles. The standard InChI is InChI=1S/C10H22N2O3/c1-9(2,3)15-8(13)12-14-7-10(4,5)6-11/h6-7,11H2,1-5H3,(H,12,13). The molecule has 5 heteroatoms. The van der Waals surface area contributed by atoms with E-state index in [-0.39, 0.29) is 5.41 Å². The van der Waals surface area contributed by atoms with Gasteiger partial charge in [-0.2, -0.15) is 5.48 Å². The van der Waals surface area contributed by atoms with Crippen molar-refractivity contribution in [2.45, 2.75) is 40.2 Å². The summed E-state index contributed by atoms with van der Waals surface area (Å²) in [5.41, 5.74) is 7.04. The summed E-state index contributed by atoms with van der Waals surface area (Å²) in [6.07, 6.45) is -0.588. The minimum atomic E-state index is -0.588. The third kappa shape index (κ3) is 8.20. The number of carbonyl (C=O) groups is 1. The van der Waals surface area contributed by atoms with Crippen molar-refractivity contribution in [2.75, 3.05) is 13.2 Å². The van der Waals surface area contributed by atoms with Crippen LogP contribution in [0.25, 0.3) is 0 Å². The first-order valence-corrected chi connectivity index (χ1v) is 4.97. The van der Waals surface area contributed by atoms with Crippen LogP contribution in [0.5, 0.6) is 0 Å². The Morgan fingerprint density at radius 3 is 2.20 bits per heavy atom. The first-order chi connectivity index (χ1) is 6.66. The molecule has 0 saturated heterocycles. The molecule has 90 valence electrons. The van der Waals surface area contributed by atoms with Crippen molar-refractivity contribution in [3.05, 3.63) is 0 Å². The molecule has 0 bridgehead atoms. The molecule has 5 nitrogen and oxygen atoms in total. The molecular formula is C10H22N2O3. The van der Waals surface area contributed by atoms with E-state index < -0.39 is 11.7 Å². The Morgan fingerprint density at radius 1 is 1.27 bits per heavy atom. The summed E-state index contributed by atoms with van der Waals surface area (Å²) < 4.78 is 4.98. The smallest absolute Gasteiger partial charge is 0.431 e. The summed E-state index contributed by atoms with van der Waals surface area (Å²) in [5, 5.41) is 0. The van der Waals surface area contributed by atoms with Gasteiger partial charge in [-0.1, -0.05) is 13.8 Å².